The minimum atomic E-state index is -1.61. The summed E-state index contributed by atoms with van der Waals surface area (Å²) in [6.07, 6.45) is -1.61. The number of nitrogens with zero attached hydrogens (tertiary/aromatic N) is 2. The van der Waals surface area contributed by atoms with E-state index < -0.39 is 11.9 Å². The topological polar surface area (TPSA) is 94.6 Å². The molecule has 0 spiro atoms. The summed E-state index contributed by atoms with van der Waals surface area (Å²) in [6, 6.07) is 3.15. The van der Waals surface area contributed by atoms with E-state index in [4.69, 9.17) is 9.52 Å². The van der Waals surface area contributed by atoms with E-state index in [1.165, 1.54) is 6.07 Å². The zero-order chi connectivity index (χ0) is 11.0. The summed E-state index contributed by atoms with van der Waals surface area (Å²) < 4.78 is 5.20. The molecule has 0 aliphatic heterocycles. The third-order valence-corrected chi connectivity index (χ3v) is 1.70. The Morgan fingerprint density at radius 2 is 2.33 bits per heavy atom. The van der Waals surface area contributed by atoms with E-state index in [2.05, 4.69) is 9.82 Å². The molecule has 78 valence electrons. The molecule has 0 radical (unpaired) electrons. The van der Waals surface area contributed by atoms with Gasteiger partial charge in [0.2, 0.25) is 5.65 Å². The summed E-state index contributed by atoms with van der Waals surface area (Å²) in [7, 11) is 0. The minimum Gasteiger partial charge on any atom is -0.448 e. The number of carbonyl (C=O) groups is 1. The molecule has 0 atom stereocenters. The molecule has 0 saturated heterocycles. The lowest BCUT2D eigenvalue weighted by Crippen LogP contribution is -2.26. The van der Waals surface area contributed by atoms with Crippen molar-refractivity contribution < 1.29 is 19.2 Å². The highest BCUT2D eigenvalue weighted by molar-refractivity contribution is 5.68. The SMILES string of the molecule is Cc1ccc2oc(=O)n(OC(=O)O)c2n1. The van der Waals surface area contributed by atoms with Crippen molar-refractivity contribution >= 4 is 17.4 Å². The predicted octanol–water partition coefficient (Wildman–Crippen LogP) is 0.405. The monoisotopic (exact) mass is 210 g/mol. The third-order valence-electron chi connectivity index (χ3n) is 1.70. The molecule has 0 fully saturated rings. The summed E-state index contributed by atoms with van der Waals surface area (Å²) in [4.78, 5) is 29.6. The molecule has 2 rings (SSSR count). The fourth-order valence-electron chi connectivity index (χ4n) is 1.14. The van der Waals surface area contributed by atoms with Gasteiger partial charge in [-0.25, -0.2) is 14.6 Å². The predicted molar refractivity (Wildman–Crippen MR) is 47.6 cm³/mol. The third kappa shape index (κ3) is 1.54. The Kier molecular flexibility index (Phi) is 1.93. The fourth-order valence-corrected chi connectivity index (χ4v) is 1.14. The number of aryl methyl sites for hydroxylation is 1. The van der Waals surface area contributed by atoms with Gasteiger partial charge in [-0.2, -0.15) is 0 Å². The first kappa shape index (κ1) is 9.25. The average molecular weight is 210 g/mol. The largest absolute Gasteiger partial charge is 0.531 e. The van der Waals surface area contributed by atoms with Crippen LogP contribution >= 0.6 is 0 Å². The van der Waals surface area contributed by atoms with E-state index in [1.807, 2.05) is 0 Å². The van der Waals surface area contributed by atoms with Crippen molar-refractivity contribution in [2.24, 2.45) is 0 Å². The molecule has 0 unspecified atom stereocenters. The van der Waals surface area contributed by atoms with Gasteiger partial charge in [0.1, 0.15) is 0 Å². The van der Waals surface area contributed by atoms with Gasteiger partial charge in [-0.05, 0) is 19.1 Å². The summed E-state index contributed by atoms with van der Waals surface area (Å²) >= 11 is 0. The lowest BCUT2D eigenvalue weighted by molar-refractivity contribution is 0.0775. The summed E-state index contributed by atoms with van der Waals surface area (Å²) in [6.45, 7) is 1.70. The number of hydrogen-bond donors (Lipinski definition) is 1. The smallest absolute Gasteiger partial charge is 0.448 e. The maximum absolute atomic E-state index is 11.2. The maximum Gasteiger partial charge on any atom is 0.531 e. The van der Waals surface area contributed by atoms with Gasteiger partial charge < -0.3 is 9.52 Å². The highest BCUT2D eigenvalue weighted by Crippen LogP contribution is 2.09. The van der Waals surface area contributed by atoms with Crippen molar-refractivity contribution in [2.75, 3.05) is 0 Å². The summed E-state index contributed by atoms with van der Waals surface area (Å²) in [5, 5.41) is 8.39. The van der Waals surface area contributed by atoms with Crippen LogP contribution in [0.4, 0.5) is 4.79 Å². The molecule has 7 heteroatoms. The maximum atomic E-state index is 11.2. The number of oxazole rings is 1. The van der Waals surface area contributed by atoms with E-state index in [0.717, 1.165) is 0 Å². The Bertz CT molecular complexity index is 582. The molecule has 1 N–H and O–H groups in total. The van der Waals surface area contributed by atoms with Crippen LogP contribution in [0.3, 0.4) is 0 Å². The van der Waals surface area contributed by atoms with Crippen molar-refractivity contribution in [1.82, 2.24) is 9.71 Å². The quantitative estimate of drug-likeness (QED) is 0.732. The van der Waals surface area contributed by atoms with E-state index in [0.29, 0.717) is 10.4 Å². The first-order chi connectivity index (χ1) is 7.08. The zero-order valence-corrected chi connectivity index (χ0v) is 7.63. The van der Waals surface area contributed by atoms with Crippen molar-refractivity contribution in [3.8, 4) is 0 Å². The number of hydrogen-bond acceptors (Lipinski definition) is 5. The number of pyridine rings is 1. The van der Waals surface area contributed by atoms with Crippen LogP contribution in [-0.4, -0.2) is 21.0 Å². The van der Waals surface area contributed by atoms with Crippen LogP contribution in [-0.2, 0) is 0 Å². The Morgan fingerprint density at radius 3 is 3.00 bits per heavy atom. The van der Waals surface area contributed by atoms with Crippen molar-refractivity contribution in [3.63, 3.8) is 0 Å². The van der Waals surface area contributed by atoms with Gasteiger partial charge in [0.05, 0.1) is 0 Å². The van der Waals surface area contributed by atoms with Crippen LogP contribution in [0.5, 0.6) is 0 Å². The molecule has 0 bridgehead atoms. The number of carboxylic acid groups (broad SMARTS) is 1. The van der Waals surface area contributed by atoms with Crippen LogP contribution in [0.15, 0.2) is 21.3 Å². The van der Waals surface area contributed by atoms with Gasteiger partial charge in [0, 0.05) is 5.69 Å². The average Bonchev–Trinajstić information content (AvgIpc) is 2.43. The molecular formula is C8H6N2O5. The van der Waals surface area contributed by atoms with E-state index >= 15 is 0 Å². The molecule has 7 nitrogen and oxygen atoms in total. The second-order valence-electron chi connectivity index (χ2n) is 2.79. The number of rotatable bonds is 1. The summed E-state index contributed by atoms with van der Waals surface area (Å²) in [5.74, 6) is -0.925. The van der Waals surface area contributed by atoms with Crippen LogP contribution in [0.1, 0.15) is 5.69 Å². The van der Waals surface area contributed by atoms with Gasteiger partial charge in [0.15, 0.2) is 5.58 Å². The lowest BCUT2D eigenvalue weighted by Gasteiger charge is -1.97. The molecular weight excluding hydrogens is 204 g/mol. The fraction of sp³-hybridized carbons (Fsp3) is 0.125. The van der Waals surface area contributed by atoms with Crippen molar-refractivity contribution in [2.45, 2.75) is 6.92 Å². The molecule has 0 aliphatic carbocycles. The van der Waals surface area contributed by atoms with Crippen LogP contribution in [0.25, 0.3) is 11.2 Å². The summed E-state index contributed by atoms with van der Waals surface area (Å²) in [5.41, 5.74) is 0.834. The highest BCUT2D eigenvalue weighted by Gasteiger charge is 2.14. The standard InChI is InChI=1S/C8H6N2O5/c1-4-2-3-5-6(9-4)10(7(11)14-5)15-8(12)13/h2-3H,1H3,(H,12,13). The number of fused-ring (bicyclic) bond motifs is 1. The Labute approximate surface area is 82.5 Å². The Hall–Kier alpha value is -2.31. The second kappa shape index (κ2) is 3.12. The van der Waals surface area contributed by atoms with Gasteiger partial charge in [-0.3, -0.25) is 4.84 Å². The van der Waals surface area contributed by atoms with Gasteiger partial charge in [-0.15, -0.1) is 0 Å². The molecule has 0 aliphatic rings. The van der Waals surface area contributed by atoms with Crippen molar-refractivity contribution in [1.29, 1.82) is 0 Å². The highest BCUT2D eigenvalue weighted by atomic mass is 16.8. The van der Waals surface area contributed by atoms with E-state index in [1.54, 1.807) is 13.0 Å². The molecule has 2 aromatic rings. The molecule has 2 aromatic heterocycles. The normalized spacial score (nSPS) is 10.5. The Balaban J connectivity index is 2.70. The molecule has 2 heterocycles. The van der Waals surface area contributed by atoms with Gasteiger partial charge in [0.25, 0.3) is 0 Å². The lowest BCUT2D eigenvalue weighted by atomic mass is 10.4. The first-order valence-corrected chi connectivity index (χ1v) is 3.98. The Morgan fingerprint density at radius 1 is 1.60 bits per heavy atom. The van der Waals surface area contributed by atoms with Crippen LogP contribution in [0.2, 0.25) is 0 Å². The molecule has 0 saturated carbocycles. The van der Waals surface area contributed by atoms with Crippen molar-refractivity contribution in [3.05, 3.63) is 28.4 Å². The zero-order valence-electron chi connectivity index (χ0n) is 7.63. The van der Waals surface area contributed by atoms with Crippen LogP contribution < -0.4 is 10.6 Å². The van der Waals surface area contributed by atoms with Gasteiger partial charge in [-0.1, -0.05) is 4.73 Å². The second-order valence-corrected chi connectivity index (χ2v) is 2.79. The molecule has 0 aromatic carbocycles. The van der Waals surface area contributed by atoms with Crippen LogP contribution in [0, 0.1) is 6.92 Å². The van der Waals surface area contributed by atoms with E-state index in [9.17, 15) is 9.59 Å². The molecule has 15 heavy (non-hydrogen) atoms. The van der Waals surface area contributed by atoms with Gasteiger partial charge >= 0.3 is 11.9 Å². The first-order valence-electron chi connectivity index (χ1n) is 3.98. The van der Waals surface area contributed by atoms with E-state index in [-0.39, 0.29) is 11.2 Å². The molecule has 0 amide bonds. The minimum absolute atomic E-state index is 0.0439. The number of aromatic nitrogens is 2.